The molecule has 0 bridgehead atoms. The van der Waals surface area contributed by atoms with Gasteiger partial charge in [-0.1, -0.05) is 18.2 Å². The van der Waals surface area contributed by atoms with Crippen LogP contribution in [0.2, 0.25) is 5.02 Å². The summed E-state index contributed by atoms with van der Waals surface area (Å²) in [4.78, 5) is 22.3. The molecule has 172 valence electrons. The van der Waals surface area contributed by atoms with Crippen LogP contribution < -0.4 is 19.9 Å². The second-order valence-corrected chi connectivity index (χ2v) is 7.88. The van der Waals surface area contributed by atoms with E-state index >= 15 is 0 Å². The van der Waals surface area contributed by atoms with Crippen LogP contribution in [0, 0.1) is 6.57 Å². The van der Waals surface area contributed by atoms with Gasteiger partial charge in [-0.2, -0.15) is 0 Å². The molecule has 3 heterocycles. The molecule has 0 radical (unpaired) electrons. The van der Waals surface area contributed by atoms with Crippen LogP contribution in [0.4, 0.5) is 24.7 Å². The lowest BCUT2D eigenvalue weighted by Gasteiger charge is -2.34. The number of hydrogen-bond acceptors (Lipinski definition) is 5. The molecule has 1 saturated heterocycles. The van der Waals surface area contributed by atoms with E-state index in [1.165, 1.54) is 28.8 Å². The summed E-state index contributed by atoms with van der Waals surface area (Å²) in [7, 11) is 1.60. The summed E-state index contributed by atoms with van der Waals surface area (Å²) < 4.78 is 48.1. The molecule has 0 unspecified atom stereocenters. The summed E-state index contributed by atoms with van der Waals surface area (Å²) in [5.74, 6) is 0.321. The Kier molecular flexibility index (Phi) is 6.08. The van der Waals surface area contributed by atoms with Gasteiger partial charge in [0.1, 0.15) is 28.3 Å². The van der Waals surface area contributed by atoms with E-state index in [4.69, 9.17) is 22.9 Å². The minimum absolute atomic E-state index is 0.0410. The molecule has 0 spiro atoms. The van der Waals surface area contributed by atoms with Gasteiger partial charge >= 0.3 is 6.36 Å². The van der Waals surface area contributed by atoms with Crippen LogP contribution in [0.15, 0.2) is 41.2 Å². The molecule has 0 N–H and O–H groups in total. The van der Waals surface area contributed by atoms with Crippen molar-refractivity contribution in [2.45, 2.75) is 25.3 Å². The zero-order valence-corrected chi connectivity index (χ0v) is 18.2. The second-order valence-electron chi connectivity index (χ2n) is 7.50. The van der Waals surface area contributed by atoms with Crippen molar-refractivity contribution in [3.8, 4) is 11.5 Å². The fourth-order valence-corrected chi connectivity index (χ4v) is 4.14. The van der Waals surface area contributed by atoms with Crippen LogP contribution in [0.1, 0.15) is 12.8 Å². The van der Waals surface area contributed by atoms with Crippen LogP contribution in [-0.2, 0) is 7.05 Å². The average molecular weight is 479 g/mol. The quantitative estimate of drug-likeness (QED) is 0.489. The normalized spacial score (nSPS) is 14.8. The van der Waals surface area contributed by atoms with Crippen LogP contribution in [0.5, 0.6) is 11.5 Å². The maximum absolute atomic E-state index is 12.6. The van der Waals surface area contributed by atoms with Gasteiger partial charge in [-0.25, -0.2) is 0 Å². The highest BCUT2D eigenvalue weighted by Crippen LogP contribution is 2.34. The molecule has 2 aromatic heterocycles. The maximum Gasteiger partial charge on any atom is 0.573 e. The summed E-state index contributed by atoms with van der Waals surface area (Å²) in [6.45, 7) is 8.28. The molecule has 7 nitrogen and oxygen atoms in total. The summed E-state index contributed by atoms with van der Waals surface area (Å²) >= 11 is 6.42. The molecule has 0 atom stereocenters. The van der Waals surface area contributed by atoms with Gasteiger partial charge in [-0.05, 0) is 36.4 Å². The SMILES string of the molecule is [C-]#[N+]c1ccc2c(n1)c(N1CCC(Oc3ccc(OC(F)(F)F)cc3)CC1)c(Cl)c(=O)n2C. The number of anilines is 1. The maximum atomic E-state index is 12.6. The standard InChI is InChI=1S/C22H18ClF3N4O3/c1-27-17-8-7-16-19(28-17)20(18(23)21(31)29(16)2)30-11-9-14(10-12-30)32-13-3-5-15(6-4-13)33-22(24,25)26/h3-8,14H,9-12H2,2H3. The predicted octanol–water partition coefficient (Wildman–Crippen LogP) is 5.08. The van der Waals surface area contributed by atoms with Crippen molar-refractivity contribution in [3.63, 3.8) is 0 Å². The number of pyridine rings is 2. The van der Waals surface area contributed by atoms with Crippen molar-refractivity contribution in [3.05, 3.63) is 63.2 Å². The van der Waals surface area contributed by atoms with Crippen LogP contribution in [0.25, 0.3) is 15.9 Å². The molecule has 0 amide bonds. The predicted molar refractivity (Wildman–Crippen MR) is 117 cm³/mol. The van der Waals surface area contributed by atoms with Crippen molar-refractivity contribution in [2.24, 2.45) is 7.05 Å². The van der Waals surface area contributed by atoms with E-state index in [-0.39, 0.29) is 28.3 Å². The number of ether oxygens (including phenoxy) is 2. The van der Waals surface area contributed by atoms with E-state index in [0.717, 1.165) is 0 Å². The van der Waals surface area contributed by atoms with Crippen molar-refractivity contribution in [2.75, 3.05) is 18.0 Å². The summed E-state index contributed by atoms with van der Waals surface area (Å²) in [6, 6.07) is 8.48. The first-order chi connectivity index (χ1) is 15.7. The van der Waals surface area contributed by atoms with Gasteiger partial charge in [-0.3, -0.25) is 4.79 Å². The third kappa shape index (κ3) is 4.83. The third-order valence-electron chi connectivity index (χ3n) is 5.38. The zero-order chi connectivity index (χ0) is 23.8. The largest absolute Gasteiger partial charge is 0.573 e. The van der Waals surface area contributed by atoms with E-state index in [0.29, 0.717) is 48.4 Å². The number of rotatable bonds is 4. The lowest BCUT2D eigenvalue weighted by Crippen LogP contribution is -2.39. The lowest BCUT2D eigenvalue weighted by molar-refractivity contribution is -0.274. The molecule has 33 heavy (non-hydrogen) atoms. The van der Waals surface area contributed by atoms with Gasteiger partial charge in [-0.15, -0.1) is 18.2 Å². The summed E-state index contributed by atoms with van der Waals surface area (Å²) in [5, 5.41) is 0.0410. The Morgan fingerprint density at radius 1 is 1.12 bits per heavy atom. The highest BCUT2D eigenvalue weighted by molar-refractivity contribution is 6.34. The number of benzene rings is 1. The number of nitrogens with zero attached hydrogens (tertiary/aromatic N) is 4. The average Bonchev–Trinajstić information content (AvgIpc) is 2.79. The molecule has 4 rings (SSSR count). The number of piperidine rings is 1. The minimum Gasteiger partial charge on any atom is -0.490 e. The van der Waals surface area contributed by atoms with Crippen molar-refractivity contribution < 1.29 is 22.6 Å². The molecule has 3 aromatic rings. The van der Waals surface area contributed by atoms with Crippen molar-refractivity contribution >= 4 is 34.1 Å². The van der Waals surface area contributed by atoms with E-state index < -0.39 is 6.36 Å². The number of halogens is 4. The van der Waals surface area contributed by atoms with E-state index in [1.807, 2.05) is 4.90 Å². The Bertz CT molecular complexity index is 1280. The number of hydrogen-bond donors (Lipinski definition) is 0. The van der Waals surface area contributed by atoms with Gasteiger partial charge in [0.05, 0.1) is 5.52 Å². The van der Waals surface area contributed by atoms with Crippen LogP contribution in [-0.4, -0.2) is 35.1 Å². The van der Waals surface area contributed by atoms with Gasteiger partial charge in [0.15, 0.2) is 0 Å². The Morgan fingerprint density at radius 3 is 2.36 bits per heavy atom. The zero-order valence-electron chi connectivity index (χ0n) is 17.4. The molecule has 0 aliphatic carbocycles. The first-order valence-corrected chi connectivity index (χ1v) is 10.4. The first kappa shape index (κ1) is 22.7. The summed E-state index contributed by atoms with van der Waals surface area (Å²) in [5.41, 5.74) is 1.20. The first-order valence-electron chi connectivity index (χ1n) is 10.0. The molecule has 1 aliphatic heterocycles. The molecule has 1 aromatic carbocycles. The lowest BCUT2D eigenvalue weighted by atomic mass is 10.1. The van der Waals surface area contributed by atoms with E-state index in [9.17, 15) is 18.0 Å². The van der Waals surface area contributed by atoms with Gasteiger partial charge < -0.3 is 23.8 Å². The molecule has 11 heteroatoms. The Balaban J connectivity index is 1.50. The van der Waals surface area contributed by atoms with Crippen molar-refractivity contribution in [1.82, 2.24) is 9.55 Å². The topological polar surface area (TPSA) is 61.0 Å². The van der Waals surface area contributed by atoms with Gasteiger partial charge in [0, 0.05) is 33.0 Å². The van der Waals surface area contributed by atoms with E-state index in [2.05, 4.69) is 14.6 Å². The molecular weight excluding hydrogens is 461 g/mol. The number of fused-ring (bicyclic) bond motifs is 1. The Morgan fingerprint density at radius 2 is 1.76 bits per heavy atom. The highest BCUT2D eigenvalue weighted by Gasteiger charge is 2.31. The van der Waals surface area contributed by atoms with Crippen LogP contribution in [0.3, 0.4) is 0 Å². The molecule has 0 saturated carbocycles. The second kappa shape index (κ2) is 8.83. The number of aryl methyl sites for hydroxylation is 1. The fourth-order valence-electron chi connectivity index (χ4n) is 3.81. The molecule has 1 aliphatic rings. The Hall–Kier alpha value is -3.45. The fraction of sp³-hybridized carbons (Fsp3) is 0.318. The van der Waals surface area contributed by atoms with Crippen LogP contribution >= 0.6 is 11.6 Å². The smallest absolute Gasteiger partial charge is 0.490 e. The summed E-state index contributed by atoms with van der Waals surface area (Å²) in [6.07, 6.45) is -3.73. The third-order valence-corrected chi connectivity index (χ3v) is 5.72. The number of alkyl halides is 3. The van der Waals surface area contributed by atoms with Gasteiger partial charge in [0.25, 0.3) is 11.4 Å². The highest BCUT2D eigenvalue weighted by atomic mass is 35.5. The van der Waals surface area contributed by atoms with Gasteiger partial charge in [0.2, 0.25) is 5.52 Å². The van der Waals surface area contributed by atoms with Crippen molar-refractivity contribution in [1.29, 1.82) is 0 Å². The minimum atomic E-state index is -4.75. The molecule has 1 fully saturated rings. The Labute approximate surface area is 191 Å². The molecular formula is C22H18ClF3N4O3. The number of aromatic nitrogens is 2. The monoisotopic (exact) mass is 478 g/mol. The van der Waals surface area contributed by atoms with E-state index in [1.54, 1.807) is 19.2 Å².